The lowest BCUT2D eigenvalue weighted by molar-refractivity contribution is 0.660. The highest BCUT2D eigenvalue weighted by molar-refractivity contribution is 5.97. The first kappa shape index (κ1) is 40.1. The highest BCUT2D eigenvalue weighted by atomic mass is 15.1. The Balaban J connectivity index is 0.940. The molecule has 2 nitrogen and oxygen atoms in total. The number of rotatable bonds is 9. The maximum atomic E-state index is 2.44. The van der Waals surface area contributed by atoms with Crippen LogP contribution in [0.2, 0.25) is 0 Å². The highest BCUT2D eigenvalue weighted by Gasteiger charge is 2.37. The maximum absolute atomic E-state index is 2.44. The maximum Gasteiger partial charge on any atom is 0.0468 e. The molecule has 67 heavy (non-hydrogen) atoms. The van der Waals surface area contributed by atoms with Crippen molar-refractivity contribution >= 4 is 55.7 Å². The van der Waals surface area contributed by atoms with Crippen molar-refractivity contribution in [3.63, 3.8) is 0 Å². The molecule has 2 heteroatoms. The topological polar surface area (TPSA) is 6.48 Å². The zero-order valence-corrected chi connectivity index (χ0v) is 37.6. The molecule has 318 valence electrons. The Labute approximate surface area is 393 Å². The summed E-state index contributed by atoms with van der Waals surface area (Å²) in [6, 6.07) is 93.1. The monoisotopic (exact) mass is 856 g/mol. The average molecular weight is 857 g/mol. The molecule has 0 saturated heterocycles. The molecular formula is C65H48N2. The Morgan fingerprint density at radius 2 is 0.642 bits per heavy atom. The van der Waals surface area contributed by atoms with Gasteiger partial charge in [-0.1, -0.05) is 196 Å². The molecule has 11 aromatic rings. The van der Waals surface area contributed by atoms with E-state index in [9.17, 15) is 0 Å². The zero-order valence-electron chi connectivity index (χ0n) is 37.6. The van der Waals surface area contributed by atoms with E-state index < -0.39 is 0 Å². The van der Waals surface area contributed by atoms with Crippen LogP contribution >= 0.6 is 0 Å². The second-order valence-electron chi connectivity index (χ2n) is 18.2. The molecule has 0 bridgehead atoms. The van der Waals surface area contributed by atoms with Gasteiger partial charge >= 0.3 is 0 Å². The van der Waals surface area contributed by atoms with Crippen molar-refractivity contribution in [2.75, 3.05) is 9.80 Å². The van der Waals surface area contributed by atoms with Crippen molar-refractivity contribution in [3.05, 3.63) is 266 Å². The fourth-order valence-electron chi connectivity index (χ4n) is 10.3. The summed E-state index contributed by atoms with van der Waals surface area (Å²) in [6.45, 7) is 4.77. The smallest absolute Gasteiger partial charge is 0.0468 e. The van der Waals surface area contributed by atoms with Crippen molar-refractivity contribution < 1.29 is 0 Å². The lowest BCUT2D eigenvalue weighted by Crippen LogP contribution is -2.17. The fourth-order valence-corrected chi connectivity index (χ4v) is 10.3. The van der Waals surface area contributed by atoms with Gasteiger partial charge in [0.25, 0.3) is 0 Å². The standard InChI is InChI=1S/C65H48N2/c1-65(2)63-43-57(66(53-31-24-48(25-32-53)45-14-5-3-6-15-45)54-33-26-49(27-34-54)46-16-7-4-8-17-46)38-40-61(63)62-41-39-58(44-64(62)65)67(56-37-28-47-18-9-10-20-52(47)42-56)55-35-29-51(30-36-55)60-23-13-21-50-19-11-12-22-59(50)60/h3-44H,1-2H3. The van der Waals surface area contributed by atoms with Gasteiger partial charge in [0.05, 0.1) is 0 Å². The van der Waals surface area contributed by atoms with E-state index in [1.807, 2.05) is 0 Å². The van der Waals surface area contributed by atoms with E-state index in [4.69, 9.17) is 0 Å². The SMILES string of the molecule is CC1(C)c2cc(N(c3ccc(-c4ccccc4)cc3)c3ccc(-c4ccccc4)cc3)ccc2-c2ccc(N(c3ccc(-c4cccc5ccccc45)cc3)c3ccc4ccccc4c3)cc21. The van der Waals surface area contributed by atoms with Gasteiger partial charge in [-0.25, -0.2) is 0 Å². The predicted molar refractivity (Wildman–Crippen MR) is 285 cm³/mol. The number of benzene rings is 11. The zero-order chi connectivity index (χ0) is 44.9. The molecule has 0 aromatic heterocycles. The van der Waals surface area contributed by atoms with Crippen LogP contribution < -0.4 is 9.80 Å². The first-order valence-electron chi connectivity index (χ1n) is 23.2. The minimum atomic E-state index is -0.274. The molecular weight excluding hydrogens is 809 g/mol. The van der Waals surface area contributed by atoms with Gasteiger partial charge < -0.3 is 9.80 Å². The number of hydrogen-bond acceptors (Lipinski definition) is 2. The molecule has 0 heterocycles. The molecule has 1 aliphatic carbocycles. The third-order valence-electron chi connectivity index (χ3n) is 13.8. The van der Waals surface area contributed by atoms with Crippen LogP contribution in [0, 0.1) is 0 Å². The van der Waals surface area contributed by atoms with Gasteiger partial charge in [0.2, 0.25) is 0 Å². The number of nitrogens with zero attached hydrogens (tertiary/aromatic N) is 2. The molecule has 0 unspecified atom stereocenters. The highest BCUT2D eigenvalue weighted by Crippen LogP contribution is 2.53. The normalized spacial score (nSPS) is 12.4. The Morgan fingerprint density at radius 3 is 1.19 bits per heavy atom. The Bertz CT molecular complexity index is 3490. The van der Waals surface area contributed by atoms with Crippen LogP contribution in [0.15, 0.2) is 255 Å². The minimum Gasteiger partial charge on any atom is -0.310 e. The summed E-state index contributed by atoms with van der Waals surface area (Å²) in [5.41, 5.74) is 18.9. The van der Waals surface area contributed by atoms with E-state index in [0.29, 0.717) is 0 Å². The molecule has 0 atom stereocenters. The summed E-state index contributed by atoms with van der Waals surface area (Å²) >= 11 is 0. The van der Waals surface area contributed by atoms with E-state index >= 15 is 0 Å². The largest absolute Gasteiger partial charge is 0.310 e. The summed E-state index contributed by atoms with van der Waals surface area (Å²) in [6.07, 6.45) is 0. The Hall–Kier alpha value is -8.46. The third kappa shape index (κ3) is 7.24. The van der Waals surface area contributed by atoms with Crippen molar-refractivity contribution in [3.8, 4) is 44.5 Å². The van der Waals surface area contributed by atoms with Gasteiger partial charge in [-0.15, -0.1) is 0 Å². The average Bonchev–Trinajstić information content (AvgIpc) is 3.62. The molecule has 0 spiro atoms. The van der Waals surface area contributed by atoms with Crippen molar-refractivity contribution in [2.45, 2.75) is 19.3 Å². The summed E-state index contributed by atoms with van der Waals surface area (Å²) in [5.74, 6) is 0. The van der Waals surface area contributed by atoms with Crippen LogP contribution in [0.3, 0.4) is 0 Å². The number of anilines is 6. The predicted octanol–water partition coefficient (Wildman–Crippen LogP) is 18.2. The summed E-state index contributed by atoms with van der Waals surface area (Å²) in [4.78, 5) is 4.82. The Kier molecular flexibility index (Phi) is 9.88. The van der Waals surface area contributed by atoms with Crippen LogP contribution in [0.25, 0.3) is 66.1 Å². The lowest BCUT2D eigenvalue weighted by Gasteiger charge is -2.29. The van der Waals surface area contributed by atoms with E-state index in [1.165, 1.54) is 77.2 Å². The van der Waals surface area contributed by atoms with Gasteiger partial charge in [0.15, 0.2) is 0 Å². The van der Waals surface area contributed by atoms with Crippen molar-refractivity contribution in [1.29, 1.82) is 0 Å². The molecule has 0 saturated carbocycles. The summed E-state index contributed by atoms with van der Waals surface area (Å²) < 4.78 is 0. The molecule has 11 aromatic carbocycles. The van der Waals surface area contributed by atoms with Gasteiger partial charge in [-0.3, -0.25) is 0 Å². The molecule has 0 radical (unpaired) electrons. The van der Waals surface area contributed by atoms with E-state index in [0.717, 1.165) is 34.1 Å². The Morgan fingerprint density at radius 1 is 0.254 bits per heavy atom. The third-order valence-corrected chi connectivity index (χ3v) is 13.8. The van der Waals surface area contributed by atoms with Gasteiger partial charge in [0.1, 0.15) is 0 Å². The lowest BCUT2D eigenvalue weighted by atomic mass is 9.82. The van der Waals surface area contributed by atoms with Gasteiger partial charge in [0, 0.05) is 39.5 Å². The first-order chi connectivity index (χ1) is 33.0. The molecule has 12 rings (SSSR count). The summed E-state index contributed by atoms with van der Waals surface area (Å²) in [5, 5.41) is 4.95. The van der Waals surface area contributed by atoms with Crippen LogP contribution in [0.5, 0.6) is 0 Å². The molecule has 0 fully saturated rings. The van der Waals surface area contributed by atoms with Crippen LogP contribution in [-0.2, 0) is 5.41 Å². The molecule has 0 aliphatic heterocycles. The van der Waals surface area contributed by atoms with Gasteiger partial charge in [-0.2, -0.15) is 0 Å². The van der Waals surface area contributed by atoms with Crippen molar-refractivity contribution in [2.24, 2.45) is 0 Å². The van der Waals surface area contributed by atoms with E-state index in [-0.39, 0.29) is 5.41 Å². The second kappa shape index (κ2) is 16.5. The molecule has 0 amide bonds. The fraction of sp³-hybridized carbons (Fsp3) is 0.0462. The van der Waals surface area contributed by atoms with Crippen LogP contribution in [-0.4, -0.2) is 0 Å². The summed E-state index contributed by atoms with van der Waals surface area (Å²) in [7, 11) is 0. The van der Waals surface area contributed by atoms with E-state index in [2.05, 4.69) is 278 Å². The number of fused-ring (bicyclic) bond motifs is 5. The van der Waals surface area contributed by atoms with Crippen molar-refractivity contribution in [1.82, 2.24) is 0 Å². The molecule has 0 N–H and O–H groups in total. The van der Waals surface area contributed by atoms with Crippen LogP contribution in [0.4, 0.5) is 34.1 Å². The van der Waals surface area contributed by atoms with Crippen LogP contribution in [0.1, 0.15) is 25.0 Å². The minimum absolute atomic E-state index is 0.274. The quantitative estimate of drug-likeness (QED) is 0.143. The van der Waals surface area contributed by atoms with E-state index in [1.54, 1.807) is 0 Å². The molecule has 1 aliphatic rings. The first-order valence-corrected chi connectivity index (χ1v) is 23.2. The second-order valence-corrected chi connectivity index (χ2v) is 18.2. The van der Waals surface area contributed by atoms with Gasteiger partial charge in [-0.05, 0) is 150 Å². The number of hydrogen-bond donors (Lipinski definition) is 0.